The van der Waals surface area contributed by atoms with Crippen molar-refractivity contribution in [3.8, 4) is 0 Å². The molecule has 0 spiro atoms. The lowest BCUT2D eigenvalue weighted by atomic mass is 10.0. The number of unbranched alkanes of at least 4 members (excludes halogenated alkanes) is 3. The van der Waals surface area contributed by atoms with Crippen LogP contribution in [-0.2, 0) is 15.7 Å². The van der Waals surface area contributed by atoms with Crippen molar-refractivity contribution in [2.75, 3.05) is 6.61 Å². The second-order valence-electron chi connectivity index (χ2n) is 6.62. The van der Waals surface area contributed by atoms with Crippen LogP contribution in [-0.4, -0.2) is 24.5 Å². The normalized spacial score (nSPS) is 12.7. The Morgan fingerprint density at radius 3 is 2.33 bits per heavy atom. The molecule has 0 aromatic heterocycles. The Morgan fingerprint density at radius 2 is 1.81 bits per heavy atom. The zero-order valence-corrected chi connectivity index (χ0v) is 15.7. The molecule has 0 fully saturated rings. The number of hydrogen-bond donors (Lipinski definition) is 1. The summed E-state index contributed by atoms with van der Waals surface area (Å²) in [7, 11) is 0. The molecule has 1 amide bonds. The van der Waals surface area contributed by atoms with Crippen LogP contribution in [0.5, 0.6) is 0 Å². The Bertz CT molecular complexity index is 644. The third-order valence-corrected chi connectivity index (χ3v) is 3.99. The van der Waals surface area contributed by atoms with Gasteiger partial charge in [0.25, 0.3) is 5.91 Å². The van der Waals surface area contributed by atoms with E-state index in [0.717, 1.165) is 25.3 Å². The van der Waals surface area contributed by atoms with Gasteiger partial charge in [0, 0.05) is 5.56 Å². The fraction of sp³-hybridized carbons (Fsp3) is 0.579. The Morgan fingerprint density at radius 1 is 1.15 bits per heavy atom. The first-order valence-corrected chi connectivity index (χ1v) is 8.92. The third kappa shape index (κ3) is 7.19. The Labute approximate surface area is 156 Å². The maximum Gasteiger partial charge on any atom is 0.419 e. The van der Waals surface area contributed by atoms with E-state index in [4.69, 9.17) is 4.74 Å². The molecule has 1 aromatic rings. The van der Waals surface area contributed by atoms with E-state index in [1.54, 1.807) is 13.8 Å². The zero-order valence-electron chi connectivity index (χ0n) is 15.7. The minimum atomic E-state index is -4.85. The Balaban J connectivity index is 2.75. The van der Waals surface area contributed by atoms with Crippen LogP contribution in [0.1, 0.15) is 62.4 Å². The summed E-state index contributed by atoms with van der Waals surface area (Å²) in [5.74, 6) is -3.32. The van der Waals surface area contributed by atoms with Crippen molar-refractivity contribution in [3.05, 3.63) is 35.1 Å². The molecule has 0 aliphatic rings. The number of carbonyl (C=O) groups excluding carboxylic acids is 2. The average molecular weight is 391 g/mol. The number of nitrogens with one attached hydrogen (secondary N) is 1. The first kappa shape index (κ1) is 22.9. The van der Waals surface area contributed by atoms with Gasteiger partial charge >= 0.3 is 12.1 Å². The van der Waals surface area contributed by atoms with E-state index < -0.39 is 35.5 Å². The molecule has 4 nitrogen and oxygen atoms in total. The van der Waals surface area contributed by atoms with Gasteiger partial charge in [-0.05, 0) is 30.5 Å². The van der Waals surface area contributed by atoms with E-state index in [9.17, 15) is 27.2 Å². The Kier molecular flexibility index (Phi) is 8.72. The van der Waals surface area contributed by atoms with E-state index in [2.05, 4.69) is 12.2 Å². The van der Waals surface area contributed by atoms with E-state index in [-0.39, 0.29) is 18.1 Å². The number of halogens is 4. The fourth-order valence-electron chi connectivity index (χ4n) is 2.40. The number of alkyl halides is 3. The van der Waals surface area contributed by atoms with Crippen LogP contribution in [0.4, 0.5) is 17.6 Å². The summed E-state index contributed by atoms with van der Waals surface area (Å²) in [6.07, 6.45) is -1.14. The summed E-state index contributed by atoms with van der Waals surface area (Å²) in [5.41, 5.74) is -1.76. The molecule has 1 unspecified atom stereocenters. The van der Waals surface area contributed by atoms with Gasteiger partial charge in [-0.25, -0.2) is 9.18 Å². The average Bonchev–Trinajstić information content (AvgIpc) is 2.57. The molecule has 0 aliphatic heterocycles. The third-order valence-electron chi connectivity index (χ3n) is 3.99. The van der Waals surface area contributed by atoms with Crippen molar-refractivity contribution in [1.82, 2.24) is 5.32 Å². The van der Waals surface area contributed by atoms with Gasteiger partial charge < -0.3 is 10.1 Å². The molecule has 1 N–H and O–H groups in total. The summed E-state index contributed by atoms with van der Waals surface area (Å²) < 4.78 is 56.6. The van der Waals surface area contributed by atoms with Gasteiger partial charge in [0.2, 0.25) is 0 Å². The van der Waals surface area contributed by atoms with Crippen LogP contribution in [0.15, 0.2) is 18.2 Å². The van der Waals surface area contributed by atoms with Crippen LogP contribution in [0.25, 0.3) is 0 Å². The number of carbonyl (C=O) groups is 2. The predicted octanol–water partition coefficient (Wildman–Crippen LogP) is 4.72. The monoisotopic (exact) mass is 391 g/mol. The molecule has 0 saturated heterocycles. The number of hydrogen-bond acceptors (Lipinski definition) is 3. The second-order valence-corrected chi connectivity index (χ2v) is 6.62. The number of rotatable bonds is 9. The molecule has 1 aromatic carbocycles. The van der Waals surface area contributed by atoms with Crippen LogP contribution < -0.4 is 5.32 Å². The number of benzene rings is 1. The molecule has 0 heterocycles. The number of amides is 1. The standard InChI is InChI=1S/C19H25F4NO3/c1-4-5-6-7-10-27-18(26)16(12(2)3)24-17(25)13-8-9-14(15(20)11-13)19(21,22)23/h8-9,11-12,16H,4-7,10H2,1-3H3,(H,24,25). The summed E-state index contributed by atoms with van der Waals surface area (Å²) in [5, 5.41) is 2.41. The molecule has 8 heteroatoms. The predicted molar refractivity (Wildman–Crippen MR) is 92.6 cm³/mol. The van der Waals surface area contributed by atoms with E-state index >= 15 is 0 Å². The highest BCUT2D eigenvalue weighted by atomic mass is 19.4. The van der Waals surface area contributed by atoms with Crippen LogP contribution in [0, 0.1) is 11.7 Å². The topological polar surface area (TPSA) is 55.4 Å². The minimum Gasteiger partial charge on any atom is -0.464 e. The van der Waals surface area contributed by atoms with Gasteiger partial charge in [0.05, 0.1) is 12.2 Å². The summed E-state index contributed by atoms with van der Waals surface area (Å²) >= 11 is 0. The van der Waals surface area contributed by atoms with Crippen LogP contribution in [0.3, 0.4) is 0 Å². The van der Waals surface area contributed by atoms with Gasteiger partial charge in [-0.3, -0.25) is 4.79 Å². The lowest BCUT2D eigenvalue weighted by Gasteiger charge is -2.21. The summed E-state index contributed by atoms with van der Waals surface area (Å²) in [6, 6.07) is 0.898. The van der Waals surface area contributed by atoms with Crippen molar-refractivity contribution >= 4 is 11.9 Å². The quantitative estimate of drug-likeness (QED) is 0.376. The molecule has 0 bridgehead atoms. The first-order chi connectivity index (χ1) is 12.6. The SMILES string of the molecule is CCCCCCOC(=O)C(NC(=O)c1ccc(C(F)(F)F)c(F)c1)C(C)C. The maximum atomic E-state index is 13.6. The lowest BCUT2D eigenvalue weighted by Crippen LogP contribution is -2.45. The number of esters is 1. The maximum absolute atomic E-state index is 13.6. The van der Waals surface area contributed by atoms with Crippen LogP contribution in [0.2, 0.25) is 0 Å². The van der Waals surface area contributed by atoms with E-state index in [1.807, 2.05) is 0 Å². The van der Waals surface area contributed by atoms with Gasteiger partial charge in [0.1, 0.15) is 11.9 Å². The van der Waals surface area contributed by atoms with Gasteiger partial charge in [-0.15, -0.1) is 0 Å². The Hall–Kier alpha value is -2.12. The molecule has 0 aliphatic carbocycles. The second kappa shape index (κ2) is 10.3. The molecular weight excluding hydrogens is 366 g/mol. The largest absolute Gasteiger partial charge is 0.464 e. The number of ether oxygens (including phenoxy) is 1. The van der Waals surface area contributed by atoms with Crippen molar-refractivity contribution in [2.24, 2.45) is 5.92 Å². The van der Waals surface area contributed by atoms with Gasteiger partial charge in [-0.1, -0.05) is 40.0 Å². The van der Waals surface area contributed by atoms with E-state index in [0.29, 0.717) is 18.6 Å². The van der Waals surface area contributed by atoms with Crippen molar-refractivity contribution in [2.45, 2.75) is 58.7 Å². The van der Waals surface area contributed by atoms with Gasteiger partial charge in [-0.2, -0.15) is 13.2 Å². The highest BCUT2D eigenvalue weighted by Crippen LogP contribution is 2.31. The summed E-state index contributed by atoms with van der Waals surface area (Å²) in [6.45, 7) is 5.67. The van der Waals surface area contributed by atoms with E-state index in [1.165, 1.54) is 0 Å². The molecule has 1 rings (SSSR count). The minimum absolute atomic E-state index is 0.229. The van der Waals surface area contributed by atoms with Crippen molar-refractivity contribution in [1.29, 1.82) is 0 Å². The molecule has 0 saturated carbocycles. The molecule has 0 radical (unpaired) electrons. The zero-order chi connectivity index (χ0) is 20.6. The fourth-order valence-corrected chi connectivity index (χ4v) is 2.40. The lowest BCUT2D eigenvalue weighted by molar-refractivity contribution is -0.147. The molecular formula is C19H25F4NO3. The van der Waals surface area contributed by atoms with Gasteiger partial charge in [0.15, 0.2) is 0 Å². The van der Waals surface area contributed by atoms with Crippen molar-refractivity contribution in [3.63, 3.8) is 0 Å². The first-order valence-electron chi connectivity index (χ1n) is 8.92. The molecule has 152 valence electrons. The molecule has 1 atom stereocenters. The summed E-state index contributed by atoms with van der Waals surface area (Å²) in [4.78, 5) is 24.4. The molecule has 27 heavy (non-hydrogen) atoms. The smallest absolute Gasteiger partial charge is 0.419 e. The highest BCUT2D eigenvalue weighted by molar-refractivity contribution is 5.96. The van der Waals surface area contributed by atoms with Crippen LogP contribution >= 0.6 is 0 Å². The highest BCUT2D eigenvalue weighted by Gasteiger charge is 2.34. The van der Waals surface area contributed by atoms with Crippen molar-refractivity contribution < 1.29 is 31.9 Å².